The summed E-state index contributed by atoms with van der Waals surface area (Å²) in [5.41, 5.74) is 2.50. The lowest BCUT2D eigenvalue weighted by Crippen LogP contribution is -2.16. The van der Waals surface area contributed by atoms with Crippen LogP contribution in [0.5, 0.6) is 5.75 Å². The molecule has 92 valence electrons. The molecule has 0 unspecified atom stereocenters. The van der Waals surface area contributed by atoms with Gasteiger partial charge in [-0.3, -0.25) is 5.01 Å². The number of aromatic hydroxyl groups is 1. The number of hydrogen-bond donors (Lipinski definition) is 1. The second kappa shape index (κ2) is 5.66. The summed E-state index contributed by atoms with van der Waals surface area (Å²) < 4.78 is 0. The normalized spacial score (nSPS) is 14.5. The largest absolute Gasteiger partial charge is 0.508 e. The summed E-state index contributed by atoms with van der Waals surface area (Å²) in [5.74, 6) is 0.351. The summed E-state index contributed by atoms with van der Waals surface area (Å²) in [6.07, 6.45) is 3.36. The smallest absolute Gasteiger partial charge is 0.115 e. The number of phenols is 1. The molecule has 1 aliphatic heterocycles. The zero-order valence-electron chi connectivity index (χ0n) is 10.3. The first-order valence-corrected chi connectivity index (χ1v) is 6.16. The monoisotopic (exact) mass is 233 g/mol. The molecule has 1 aromatic rings. The fraction of sp³-hybridized carbons (Fsp3) is 0.538. The van der Waals surface area contributed by atoms with Crippen LogP contribution in [0.15, 0.2) is 28.5 Å². The van der Waals surface area contributed by atoms with Crippen molar-refractivity contribution in [2.24, 2.45) is 10.3 Å². The first kappa shape index (κ1) is 11.9. The number of rotatable bonds is 5. The van der Waals surface area contributed by atoms with Crippen molar-refractivity contribution in [3.8, 4) is 5.75 Å². The van der Waals surface area contributed by atoms with Crippen LogP contribution < -0.4 is 0 Å². The number of benzene rings is 1. The van der Waals surface area contributed by atoms with Crippen LogP contribution in [-0.2, 0) is 6.42 Å². The Labute approximate surface area is 102 Å². The van der Waals surface area contributed by atoms with Gasteiger partial charge in [0.05, 0.1) is 13.1 Å². The zero-order valence-corrected chi connectivity index (χ0v) is 10.3. The Morgan fingerprint density at radius 3 is 2.94 bits per heavy atom. The number of hydrogen-bond acceptors (Lipinski definition) is 4. The Hall–Kier alpha value is -1.58. The van der Waals surface area contributed by atoms with Crippen LogP contribution in [0, 0.1) is 6.92 Å². The second-order valence-electron chi connectivity index (χ2n) is 4.48. The molecule has 1 aliphatic rings. The maximum atomic E-state index is 9.32. The highest BCUT2D eigenvalue weighted by Crippen LogP contribution is 2.17. The average molecular weight is 233 g/mol. The van der Waals surface area contributed by atoms with Crippen LogP contribution >= 0.6 is 0 Å². The summed E-state index contributed by atoms with van der Waals surface area (Å²) in [5, 5.41) is 19.3. The molecule has 0 fully saturated rings. The van der Waals surface area contributed by atoms with Crippen molar-refractivity contribution >= 4 is 0 Å². The quantitative estimate of drug-likeness (QED) is 0.795. The van der Waals surface area contributed by atoms with Crippen molar-refractivity contribution in [1.82, 2.24) is 5.01 Å². The average Bonchev–Trinajstić information content (AvgIpc) is 2.79. The molecule has 1 N–H and O–H groups in total. The van der Waals surface area contributed by atoms with Crippen molar-refractivity contribution in [2.75, 3.05) is 19.6 Å². The van der Waals surface area contributed by atoms with Crippen LogP contribution in [0.3, 0.4) is 0 Å². The fourth-order valence-corrected chi connectivity index (χ4v) is 2.07. The van der Waals surface area contributed by atoms with E-state index in [1.165, 1.54) is 11.1 Å². The molecule has 4 nitrogen and oxygen atoms in total. The van der Waals surface area contributed by atoms with E-state index in [9.17, 15) is 5.11 Å². The second-order valence-corrected chi connectivity index (χ2v) is 4.48. The third kappa shape index (κ3) is 3.44. The van der Waals surface area contributed by atoms with E-state index in [1.807, 2.05) is 24.1 Å². The van der Waals surface area contributed by atoms with Crippen LogP contribution in [0.4, 0.5) is 0 Å². The highest BCUT2D eigenvalue weighted by molar-refractivity contribution is 5.33. The molecule has 0 aliphatic carbocycles. The molecule has 1 heterocycles. The van der Waals surface area contributed by atoms with Gasteiger partial charge in [0, 0.05) is 6.54 Å². The summed E-state index contributed by atoms with van der Waals surface area (Å²) in [4.78, 5) is 0. The molecule has 0 radical (unpaired) electrons. The van der Waals surface area contributed by atoms with Crippen molar-refractivity contribution < 1.29 is 5.11 Å². The van der Waals surface area contributed by atoms with Crippen molar-refractivity contribution in [1.29, 1.82) is 0 Å². The topological polar surface area (TPSA) is 48.2 Å². The van der Waals surface area contributed by atoms with Gasteiger partial charge in [0.15, 0.2) is 0 Å². The van der Waals surface area contributed by atoms with Crippen molar-refractivity contribution in [3.63, 3.8) is 0 Å². The molecule has 1 aromatic carbocycles. The molecule has 0 saturated heterocycles. The third-order valence-corrected chi connectivity index (χ3v) is 3.09. The Morgan fingerprint density at radius 1 is 1.35 bits per heavy atom. The van der Waals surface area contributed by atoms with E-state index in [-0.39, 0.29) is 0 Å². The molecular weight excluding hydrogens is 214 g/mol. The third-order valence-electron chi connectivity index (χ3n) is 3.09. The minimum Gasteiger partial charge on any atom is -0.508 e. The van der Waals surface area contributed by atoms with Gasteiger partial charge in [-0.25, -0.2) is 0 Å². The van der Waals surface area contributed by atoms with Gasteiger partial charge in [-0.1, -0.05) is 11.3 Å². The lowest BCUT2D eigenvalue weighted by molar-refractivity contribution is 0.311. The van der Waals surface area contributed by atoms with E-state index in [1.54, 1.807) is 6.07 Å². The van der Waals surface area contributed by atoms with Gasteiger partial charge >= 0.3 is 0 Å². The van der Waals surface area contributed by atoms with Crippen molar-refractivity contribution in [2.45, 2.75) is 26.2 Å². The van der Waals surface area contributed by atoms with E-state index in [4.69, 9.17) is 0 Å². The molecule has 2 rings (SSSR count). The Balaban J connectivity index is 1.72. The van der Waals surface area contributed by atoms with E-state index >= 15 is 0 Å². The van der Waals surface area contributed by atoms with Crippen LogP contribution in [-0.4, -0.2) is 29.7 Å². The maximum absolute atomic E-state index is 9.32. The Bertz CT molecular complexity index is 404. The lowest BCUT2D eigenvalue weighted by Gasteiger charge is -2.11. The SMILES string of the molecule is Cc1cc(O)ccc1CCCCN1CCN=N1. The summed E-state index contributed by atoms with van der Waals surface area (Å²) in [6.45, 7) is 4.86. The number of aryl methyl sites for hydroxylation is 2. The molecule has 4 heteroatoms. The Kier molecular flexibility index (Phi) is 3.96. The first-order valence-electron chi connectivity index (χ1n) is 6.16. The molecular formula is C13H19N3O. The lowest BCUT2D eigenvalue weighted by atomic mass is 10.0. The van der Waals surface area contributed by atoms with Gasteiger partial charge in [0.1, 0.15) is 5.75 Å². The molecule has 17 heavy (non-hydrogen) atoms. The zero-order chi connectivity index (χ0) is 12.1. The molecule has 0 aromatic heterocycles. The highest BCUT2D eigenvalue weighted by Gasteiger charge is 2.06. The molecule has 0 bridgehead atoms. The predicted molar refractivity (Wildman–Crippen MR) is 67.1 cm³/mol. The van der Waals surface area contributed by atoms with E-state index in [0.717, 1.165) is 38.9 Å². The molecule has 0 saturated carbocycles. The minimum atomic E-state index is 0.351. The van der Waals surface area contributed by atoms with Crippen LogP contribution in [0.2, 0.25) is 0 Å². The van der Waals surface area contributed by atoms with E-state index < -0.39 is 0 Å². The standard InChI is InChI=1S/C13H19N3O/c1-11-10-13(17)6-5-12(11)4-2-3-8-16-9-7-14-15-16/h5-6,10,17H,2-4,7-9H2,1H3. The van der Waals surface area contributed by atoms with Gasteiger partial charge in [-0.2, -0.15) is 5.11 Å². The van der Waals surface area contributed by atoms with Gasteiger partial charge in [0.25, 0.3) is 0 Å². The van der Waals surface area contributed by atoms with Crippen LogP contribution in [0.1, 0.15) is 24.0 Å². The number of phenolic OH excluding ortho intramolecular Hbond substituents is 1. The van der Waals surface area contributed by atoms with E-state index in [2.05, 4.69) is 10.3 Å². The van der Waals surface area contributed by atoms with Crippen LogP contribution in [0.25, 0.3) is 0 Å². The first-order chi connectivity index (χ1) is 8.25. The summed E-state index contributed by atoms with van der Waals surface area (Å²) in [6, 6.07) is 5.60. The molecule has 0 spiro atoms. The van der Waals surface area contributed by atoms with Gasteiger partial charge < -0.3 is 5.11 Å². The molecule has 0 amide bonds. The maximum Gasteiger partial charge on any atom is 0.115 e. The van der Waals surface area contributed by atoms with Crippen molar-refractivity contribution in [3.05, 3.63) is 29.3 Å². The fourth-order valence-electron chi connectivity index (χ4n) is 2.07. The van der Waals surface area contributed by atoms with E-state index in [0.29, 0.717) is 5.75 Å². The van der Waals surface area contributed by atoms with Gasteiger partial charge in [0.2, 0.25) is 0 Å². The predicted octanol–water partition coefficient (Wildman–Crippen LogP) is 2.71. The highest BCUT2D eigenvalue weighted by atomic mass is 16.3. The number of nitrogens with zero attached hydrogens (tertiary/aromatic N) is 3. The Morgan fingerprint density at radius 2 is 2.24 bits per heavy atom. The van der Waals surface area contributed by atoms with Gasteiger partial charge in [-0.15, -0.1) is 0 Å². The molecule has 0 atom stereocenters. The summed E-state index contributed by atoms with van der Waals surface area (Å²) >= 11 is 0. The minimum absolute atomic E-state index is 0.351. The van der Waals surface area contributed by atoms with Gasteiger partial charge in [-0.05, 0) is 49.4 Å². The number of unbranched alkanes of at least 4 members (excludes halogenated alkanes) is 1. The summed E-state index contributed by atoms with van der Waals surface area (Å²) in [7, 11) is 0.